The summed E-state index contributed by atoms with van der Waals surface area (Å²) in [6, 6.07) is 8.77. The second-order valence-electron chi connectivity index (χ2n) is 4.75. The van der Waals surface area contributed by atoms with E-state index in [1.165, 1.54) is 0 Å². The van der Waals surface area contributed by atoms with Gasteiger partial charge in [-0.05, 0) is 31.9 Å². The van der Waals surface area contributed by atoms with Gasteiger partial charge in [-0.2, -0.15) is 5.26 Å². The van der Waals surface area contributed by atoms with Gasteiger partial charge in [0.05, 0.1) is 5.56 Å². The summed E-state index contributed by atoms with van der Waals surface area (Å²) >= 11 is 0. The first-order valence-electron chi connectivity index (χ1n) is 6.93. The first-order valence-corrected chi connectivity index (χ1v) is 6.93. The zero-order valence-electron chi connectivity index (χ0n) is 11.9. The Balaban J connectivity index is 1.83. The first kappa shape index (κ1) is 15.3. The van der Waals surface area contributed by atoms with Crippen LogP contribution >= 0.6 is 0 Å². The average Bonchev–Trinajstić information content (AvgIpc) is 2.54. The number of hydrogen-bond acceptors (Lipinski definition) is 5. The van der Waals surface area contributed by atoms with Crippen molar-refractivity contribution in [2.45, 2.75) is 38.6 Å². The topological polar surface area (TPSA) is 80.6 Å². The number of amides is 1. The number of hydroxylamine groups is 1. The quantitative estimate of drug-likeness (QED) is 0.838. The Morgan fingerprint density at radius 3 is 3.00 bits per heavy atom. The molecule has 2 atom stereocenters. The fraction of sp³-hybridized carbons (Fsp3) is 0.467. The molecule has 0 aromatic heterocycles. The van der Waals surface area contributed by atoms with Crippen LogP contribution < -0.4 is 10.2 Å². The third kappa shape index (κ3) is 4.45. The lowest BCUT2D eigenvalue weighted by Gasteiger charge is -2.23. The van der Waals surface area contributed by atoms with Crippen molar-refractivity contribution in [3.8, 4) is 11.8 Å². The van der Waals surface area contributed by atoms with E-state index >= 15 is 0 Å². The van der Waals surface area contributed by atoms with Gasteiger partial charge in [0.25, 0.3) is 5.91 Å². The third-order valence-corrected chi connectivity index (χ3v) is 3.11. The number of para-hydroxylation sites is 1. The van der Waals surface area contributed by atoms with Gasteiger partial charge in [0.1, 0.15) is 11.8 Å². The molecular weight excluding hydrogens is 272 g/mol. The van der Waals surface area contributed by atoms with Crippen molar-refractivity contribution in [2.75, 3.05) is 6.61 Å². The molecule has 1 fully saturated rings. The van der Waals surface area contributed by atoms with Gasteiger partial charge < -0.3 is 9.47 Å². The summed E-state index contributed by atoms with van der Waals surface area (Å²) in [7, 11) is 0. The molecular formula is C15H18N2O4. The van der Waals surface area contributed by atoms with Crippen LogP contribution in [0.3, 0.4) is 0 Å². The van der Waals surface area contributed by atoms with Gasteiger partial charge in [0.2, 0.25) is 0 Å². The normalized spacial score (nSPS) is 19.3. The van der Waals surface area contributed by atoms with Crippen LogP contribution in [0, 0.1) is 11.3 Å². The maximum atomic E-state index is 11.9. The van der Waals surface area contributed by atoms with Crippen molar-refractivity contribution in [1.29, 1.82) is 5.26 Å². The highest BCUT2D eigenvalue weighted by atomic mass is 16.8. The average molecular weight is 290 g/mol. The SMILES string of the molecule is CC(Oc1ccccc1C#N)C(=O)NOC1CCCCO1. The lowest BCUT2D eigenvalue weighted by Crippen LogP contribution is -2.40. The van der Waals surface area contributed by atoms with Crippen molar-refractivity contribution >= 4 is 5.91 Å². The number of hydrogen-bond donors (Lipinski definition) is 1. The minimum Gasteiger partial charge on any atom is -0.479 e. The highest BCUT2D eigenvalue weighted by Gasteiger charge is 2.20. The number of nitriles is 1. The fourth-order valence-electron chi connectivity index (χ4n) is 1.92. The monoisotopic (exact) mass is 290 g/mol. The molecule has 1 aromatic rings. The van der Waals surface area contributed by atoms with Crippen LogP contribution in [0.4, 0.5) is 0 Å². The molecule has 0 radical (unpaired) electrons. The van der Waals surface area contributed by atoms with Gasteiger partial charge in [-0.1, -0.05) is 12.1 Å². The lowest BCUT2D eigenvalue weighted by molar-refractivity contribution is -0.202. The van der Waals surface area contributed by atoms with Crippen molar-refractivity contribution in [3.63, 3.8) is 0 Å². The van der Waals surface area contributed by atoms with E-state index in [0.717, 1.165) is 19.3 Å². The molecule has 1 aliphatic heterocycles. The first-order chi connectivity index (χ1) is 10.2. The van der Waals surface area contributed by atoms with Crippen LogP contribution in [0.15, 0.2) is 24.3 Å². The summed E-state index contributed by atoms with van der Waals surface area (Å²) in [6.07, 6.45) is 1.61. The van der Waals surface area contributed by atoms with Gasteiger partial charge in [-0.15, -0.1) is 0 Å². The summed E-state index contributed by atoms with van der Waals surface area (Å²) in [5.41, 5.74) is 2.72. The van der Waals surface area contributed by atoms with E-state index in [1.807, 2.05) is 6.07 Å². The van der Waals surface area contributed by atoms with E-state index in [-0.39, 0.29) is 0 Å². The van der Waals surface area contributed by atoms with Gasteiger partial charge >= 0.3 is 0 Å². The van der Waals surface area contributed by atoms with Gasteiger partial charge in [-0.25, -0.2) is 10.3 Å². The Bertz CT molecular complexity index is 521. The van der Waals surface area contributed by atoms with Crippen molar-refractivity contribution in [2.24, 2.45) is 0 Å². The zero-order valence-corrected chi connectivity index (χ0v) is 11.9. The van der Waals surface area contributed by atoms with Crippen LogP contribution in [-0.2, 0) is 14.4 Å². The maximum absolute atomic E-state index is 11.9. The number of benzene rings is 1. The summed E-state index contributed by atoms with van der Waals surface area (Å²) < 4.78 is 10.8. The number of carbonyl (C=O) groups excluding carboxylic acids is 1. The molecule has 2 unspecified atom stereocenters. The standard InChI is InChI=1S/C15H18N2O4/c1-11(20-13-7-3-2-6-12(13)10-16)15(18)17-21-14-8-4-5-9-19-14/h2-3,6-7,11,14H,4-5,8-9H2,1H3,(H,17,18). The molecule has 0 bridgehead atoms. The van der Waals surface area contributed by atoms with Crippen LogP contribution in [0.5, 0.6) is 5.75 Å². The van der Waals surface area contributed by atoms with E-state index in [9.17, 15) is 4.79 Å². The van der Waals surface area contributed by atoms with Gasteiger partial charge in [-0.3, -0.25) is 4.79 Å². The summed E-state index contributed by atoms with van der Waals surface area (Å²) in [5, 5.41) is 8.97. The Kier molecular flexibility index (Phi) is 5.55. The van der Waals surface area contributed by atoms with Gasteiger partial charge in [0, 0.05) is 13.0 Å². The molecule has 6 nitrogen and oxygen atoms in total. The Hall–Kier alpha value is -2.10. The smallest absolute Gasteiger partial charge is 0.284 e. The Labute approximate surface area is 123 Å². The lowest BCUT2D eigenvalue weighted by atomic mass is 10.2. The van der Waals surface area contributed by atoms with E-state index in [0.29, 0.717) is 17.9 Å². The predicted molar refractivity (Wildman–Crippen MR) is 74.1 cm³/mol. The maximum Gasteiger partial charge on any atom is 0.284 e. The molecule has 1 heterocycles. The van der Waals surface area contributed by atoms with E-state index < -0.39 is 18.3 Å². The molecule has 0 aliphatic carbocycles. The van der Waals surface area contributed by atoms with Crippen molar-refractivity contribution < 1.29 is 19.1 Å². The molecule has 112 valence electrons. The Morgan fingerprint density at radius 2 is 2.29 bits per heavy atom. The van der Waals surface area contributed by atoms with Crippen LogP contribution in [-0.4, -0.2) is 24.9 Å². The molecule has 1 aliphatic rings. The van der Waals surface area contributed by atoms with Crippen LogP contribution in [0.2, 0.25) is 0 Å². The minimum absolute atomic E-state index is 0.372. The second kappa shape index (κ2) is 7.62. The second-order valence-corrected chi connectivity index (χ2v) is 4.75. The molecule has 21 heavy (non-hydrogen) atoms. The van der Waals surface area contributed by atoms with Crippen LogP contribution in [0.25, 0.3) is 0 Å². The third-order valence-electron chi connectivity index (χ3n) is 3.11. The van der Waals surface area contributed by atoms with Crippen molar-refractivity contribution in [1.82, 2.24) is 5.48 Å². The minimum atomic E-state index is -0.775. The number of ether oxygens (including phenoxy) is 2. The highest BCUT2D eigenvalue weighted by Crippen LogP contribution is 2.18. The zero-order chi connectivity index (χ0) is 15.1. The van der Waals surface area contributed by atoms with E-state index in [4.69, 9.17) is 19.6 Å². The molecule has 1 aromatic carbocycles. The summed E-state index contributed by atoms with van der Waals surface area (Å²) in [5.74, 6) is -0.0477. The Morgan fingerprint density at radius 1 is 1.48 bits per heavy atom. The van der Waals surface area contributed by atoms with E-state index in [2.05, 4.69) is 5.48 Å². The summed E-state index contributed by atoms with van der Waals surface area (Å²) in [4.78, 5) is 17.1. The number of rotatable bonds is 5. The molecule has 0 saturated carbocycles. The molecule has 1 N–H and O–H groups in total. The largest absolute Gasteiger partial charge is 0.479 e. The van der Waals surface area contributed by atoms with Crippen molar-refractivity contribution in [3.05, 3.63) is 29.8 Å². The molecule has 6 heteroatoms. The molecule has 1 saturated heterocycles. The number of nitrogens with one attached hydrogen (secondary N) is 1. The van der Waals surface area contributed by atoms with Crippen LogP contribution in [0.1, 0.15) is 31.7 Å². The summed E-state index contributed by atoms with van der Waals surface area (Å²) in [6.45, 7) is 2.23. The number of carbonyl (C=O) groups is 1. The van der Waals surface area contributed by atoms with E-state index in [1.54, 1.807) is 31.2 Å². The fourth-order valence-corrected chi connectivity index (χ4v) is 1.92. The molecule has 1 amide bonds. The molecule has 0 spiro atoms. The predicted octanol–water partition coefficient (Wildman–Crippen LogP) is 1.90. The number of nitrogens with zero attached hydrogens (tertiary/aromatic N) is 1. The molecule has 2 rings (SSSR count). The highest BCUT2D eigenvalue weighted by molar-refractivity contribution is 5.79. The van der Waals surface area contributed by atoms with Gasteiger partial charge in [0.15, 0.2) is 12.4 Å².